The highest BCUT2D eigenvalue weighted by Crippen LogP contribution is 2.32. The van der Waals surface area contributed by atoms with Gasteiger partial charge in [0.15, 0.2) is 0 Å². The normalized spacial score (nSPS) is 29.1. The molecule has 0 bridgehead atoms. The lowest BCUT2D eigenvalue weighted by atomic mass is 10.2. The van der Waals surface area contributed by atoms with Crippen LogP contribution in [-0.4, -0.2) is 35.2 Å². The molecule has 1 aliphatic heterocycles. The van der Waals surface area contributed by atoms with Gasteiger partial charge in [0.25, 0.3) is 0 Å². The number of hydrogen-bond acceptors (Lipinski definition) is 2. The average molecular weight is 142 g/mol. The molecule has 0 spiro atoms. The zero-order chi connectivity index (χ0) is 7.78. The van der Waals surface area contributed by atoms with Crippen molar-refractivity contribution >= 4 is 0 Å². The maximum absolute atomic E-state index is 2.42. The molecule has 1 heterocycles. The molecule has 1 aliphatic rings. The van der Waals surface area contributed by atoms with Gasteiger partial charge in [0.2, 0.25) is 0 Å². The Labute approximate surface area is 63.8 Å². The Balaban J connectivity index is 2.36. The molecule has 0 aromatic rings. The van der Waals surface area contributed by atoms with Gasteiger partial charge in [0.05, 0.1) is 0 Å². The molecule has 2 nitrogen and oxygen atoms in total. The molecule has 0 aliphatic carbocycles. The highest BCUT2D eigenvalue weighted by molar-refractivity contribution is 4.97. The molecule has 0 saturated carbocycles. The smallest absolute Gasteiger partial charge is 0.0442 e. The summed E-state index contributed by atoms with van der Waals surface area (Å²) in [5.41, 5.74) is 0.450. The van der Waals surface area contributed by atoms with Gasteiger partial charge in [-0.2, -0.15) is 0 Å². The summed E-state index contributed by atoms with van der Waals surface area (Å²) < 4.78 is 0. The lowest BCUT2D eigenvalue weighted by Gasteiger charge is -2.21. The molecule has 10 heavy (non-hydrogen) atoms. The lowest BCUT2D eigenvalue weighted by molar-refractivity contribution is 0.0719. The summed E-state index contributed by atoms with van der Waals surface area (Å²) in [6.07, 6.45) is 0. The quantitative estimate of drug-likeness (QED) is 0.548. The second-order valence-electron chi connectivity index (χ2n) is 3.51. The number of hydrazine groups is 1. The van der Waals surface area contributed by atoms with Gasteiger partial charge in [-0.05, 0) is 13.8 Å². The van der Waals surface area contributed by atoms with E-state index >= 15 is 0 Å². The van der Waals surface area contributed by atoms with Gasteiger partial charge in [-0.3, -0.25) is 0 Å². The molecule has 60 valence electrons. The molecular weight excluding hydrogens is 124 g/mol. The molecule has 0 aromatic carbocycles. The van der Waals surface area contributed by atoms with E-state index in [9.17, 15) is 0 Å². The third-order valence-corrected chi connectivity index (χ3v) is 2.20. The average Bonchev–Trinajstić information content (AvgIpc) is 2.44. The van der Waals surface area contributed by atoms with E-state index in [1.807, 2.05) is 0 Å². The van der Waals surface area contributed by atoms with Gasteiger partial charge in [0.1, 0.15) is 0 Å². The maximum atomic E-state index is 2.42. The van der Waals surface area contributed by atoms with Crippen LogP contribution in [0.4, 0.5) is 0 Å². The highest BCUT2D eigenvalue weighted by Gasteiger charge is 2.45. The largest absolute Gasteiger partial charge is 0.242 e. The molecule has 1 atom stereocenters. The first kappa shape index (κ1) is 8.02. The summed E-state index contributed by atoms with van der Waals surface area (Å²) in [6.45, 7) is 12.5. The Morgan fingerprint density at radius 2 is 1.70 bits per heavy atom. The molecule has 2 heteroatoms. The monoisotopic (exact) mass is 142 g/mol. The zero-order valence-electron chi connectivity index (χ0n) is 7.52. The molecule has 0 radical (unpaired) electrons. The lowest BCUT2D eigenvalue weighted by Crippen LogP contribution is -2.32. The minimum atomic E-state index is 0.450. The van der Waals surface area contributed by atoms with E-state index in [-0.39, 0.29) is 0 Å². The van der Waals surface area contributed by atoms with Gasteiger partial charge in [-0.25, -0.2) is 10.0 Å². The number of hydrogen-bond donors (Lipinski definition) is 0. The third kappa shape index (κ3) is 1.32. The van der Waals surface area contributed by atoms with Crippen LogP contribution in [0.5, 0.6) is 0 Å². The Kier molecular flexibility index (Phi) is 2.02. The molecule has 0 aromatic heterocycles. The van der Waals surface area contributed by atoms with Crippen LogP contribution in [0.15, 0.2) is 0 Å². The topological polar surface area (TPSA) is 6.25 Å². The van der Waals surface area contributed by atoms with Crippen molar-refractivity contribution in [3.8, 4) is 0 Å². The predicted molar refractivity (Wildman–Crippen MR) is 43.7 cm³/mol. The summed E-state index contributed by atoms with van der Waals surface area (Å²) >= 11 is 0. The summed E-state index contributed by atoms with van der Waals surface area (Å²) in [6, 6.07) is 0. The Morgan fingerprint density at radius 3 is 1.80 bits per heavy atom. The summed E-state index contributed by atoms with van der Waals surface area (Å²) in [4.78, 5) is 0. The van der Waals surface area contributed by atoms with Gasteiger partial charge >= 0.3 is 0 Å². The van der Waals surface area contributed by atoms with E-state index in [0.717, 1.165) is 13.1 Å². The first-order chi connectivity index (χ1) is 4.61. The van der Waals surface area contributed by atoms with Crippen LogP contribution in [0, 0.1) is 0 Å². The molecule has 0 N–H and O–H groups in total. The molecule has 1 unspecified atom stereocenters. The Hall–Kier alpha value is -0.0800. The van der Waals surface area contributed by atoms with E-state index in [0.29, 0.717) is 5.54 Å². The molecule has 1 saturated heterocycles. The van der Waals surface area contributed by atoms with Crippen molar-refractivity contribution < 1.29 is 0 Å². The van der Waals surface area contributed by atoms with E-state index in [1.165, 1.54) is 6.54 Å². The van der Waals surface area contributed by atoms with Crippen molar-refractivity contribution in [1.82, 2.24) is 10.0 Å². The maximum Gasteiger partial charge on any atom is 0.0442 e. The van der Waals surface area contributed by atoms with Crippen LogP contribution in [0.1, 0.15) is 27.7 Å². The van der Waals surface area contributed by atoms with Crippen LogP contribution in [0.25, 0.3) is 0 Å². The van der Waals surface area contributed by atoms with Crippen LogP contribution < -0.4 is 0 Å². The van der Waals surface area contributed by atoms with E-state index < -0.39 is 0 Å². The zero-order valence-corrected chi connectivity index (χ0v) is 7.52. The SMILES string of the molecule is CCN(CC)N1CC1(C)C. The molecule has 0 amide bonds. The minimum absolute atomic E-state index is 0.450. The summed E-state index contributed by atoms with van der Waals surface area (Å²) in [5, 5.41) is 4.81. The highest BCUT2D eigenvalue weighted by atomic mass is 15.7. The van der Waals surface area contributed by atoms with Crippen LogP contribution in [0.2, 0.25) is 0 Å². The summed E-state index contributed by atoms with van der Waals surface area (Å²) in [7, 11) is 0. The van der Waals surface area contributed by atoms with Crippen LogP contribution in [0.3, 0.4) is 0 Å². The van der Waals surface area contributed by atoms with Crippen molar-refractivity contribution in [2.75, 3.05) is 19.6 Å². The fourth-order valence-electron chi connectivity index (χ4n) is 1.38. The van der Waals surface area contributed by atoms with Gasteiger partial charge in [-0.1, -0.05) is 13.8 Å². The number of nitrogens with zero attached hydrogens (tertiary/aromatic N) is 2. The first-order valence-electron chi connectivity index (χ1n) is 4.14. The van der Waals surface area contributed by atoms with Crippen LogP contribution in [-0.2, 0) is 0 Å². The van der Waals surface area contributed by atoms with Crippen molar-refractivity contribution in [2.45, 2.75) is 33.2 Å². The Bertz CT molecular complexity index is 116. The summed E-state index contributed by atoms with van der Waals surface area (Å²) in [5.74, 6) is 0. The minimum Gasteiger partial charge on any atom is -0.242 e. The van der Waals surface area contributed by atoms with Crippen molar-refractivity contribution in [2.24, 2.45) is 0 Å². The van der Waals surface area contributed by atoms with Gasteiger partial charge in [-0.15, -0.1) is 0 Å². The second-order valence-corrected chi connectivity index (χ2v) is 3.51. The third-order valence-electron chi connectivity index (χ3n) is 2.20. The van der Waals surface area contributed by atoms with Gasteiger partial charge < -0.3 is 0 Å². The van der Waals surface area contributed by atoms with E-state index in [2.05, 4.69) is 37.7 Å². The van der Waals surface area contributed by atoms with Gasteiger partial charge in [0, 0.05) is 25.2 Å². The van der Waals surface area contributed by atoms with Crippen molar-refractivity contribution in [1.29, 1.82) is 0 Å². The standard InChI is InChI=1S/C8H18N2/c1-5-9(6-2)10-7-8(10,3)4/h5-7H2,1-4H3. The second kappa shape index (κ2) is 2.51. The number of rotatable bonds is 3. The van der Waals surface area contributed by atoms with E-state index in [1.54, 1.807) is 0 Å². The Morgan fingerprint density at radius 1 is 1.30 bits per heavy atom. The molecule has 1 rings (SSSR count). The molecule has 1 fully saturated rings. The predicted octanol–water partition coefficient (Wildman–Crippen LogP) is 1.34. The molecular formula is C8H18N2. The first-order valence-corrected chi connectivity index (χ1v) is 4.14. The van der Waals surface area contributed by atoms with Crippen LogP contribution >= 0.6 is 0 Å². The fourth-order valence-corrected chi connectivity index (χ4v) is 1.38. The van der Waals surface area contributed by atoms with Crippen molar-refractivity contribution in [3.63, 3.8) is 0 Å². The van der Waals surface area contributed by atoms with E-state index in [4.69, 9.17) is 0 Å². The van der Waals surface area contributed by atoms with Crippen molar-refractivity contribution in [3.05, 3.63) is 0 Å². The fraction of sp³-hybridized carbons (Fsp3) is 1.00.